The van der Waals surface area contributed by atoms with Crippen LogP contribution >= 0.6 is 0 Å². The van der Waals surface area contributed by atoms with Crippen LogP contribution in [0.4, 0.5) is 0 Å². The summed E-state index contributed by atoms with van der Waals surface area (Å²) in [6.45, 7) is 0. The Morgan fingerprint density at radius 2 is 1.24 bits per heavy atom. The van der Waals surface area contributed by atoms with Crippen LogP contribution in [-0.4, -0.2) is 14.2 Å². The first-order valence-electron chi connectivity index (χ1n) is 9.74. The van der Waals surface area contributed by atoms with Gasteiger partial charge in [-0.15, -0.1) is 0 Å². The topological polar surface area (TPSA) is 27.7 Å². The highest BCUT2D eigenvalue weighted by Gasteiger charge is 2.20. The average Bonchev–Trinajstić information content (AvgIpc) is 2.80. The predicted octanol–water partition coefficient (Wildman–Crippen LogP) is 6.72. The zero-order chi connectivity index (χ0) is 20.1. The number of rotatable bonds is 6. The standard InChI is InChI=1S/C26H24O3/c1-27-21-15-11-19(12-16-21)24-9-6-10-25(26(24)28-2)20-13-17-23(18-14-20)29-22-7-4-3-5-8-22/h3-5,7-8,10-18H,6,9H2,1-2H3. The summed E-state index contributed by atoms with van der Waals surface area (Å²) in [7, 11) is 3.42. The summed E-state index contributed by atoms with van der Waals surface area (Å²) in [6.07, 6.45) is 4.18. The van der Waals surface area contributed by atoms with Crippen molar-refractivity contribution in [3.63, 3.8) is 0 Å². The molecule has 0 aliphatic heterocycles. The molecule has 0 atom stereocenters. The van der Waals surface area contributed by atoms with Gasteiger partial charge in [0.25, 0.3) is 0 Å². The molecule has 0 aromatic heterocycles. The van der Waals surface area contributed by atoms with Crippen molar-refractivity contribution in [3.05, 3.63) is 102 Å². The normalized spacial score (nSPS) is 13.7. The fourth-order valence-electron chi connectivity index (χ4n) is 3.61. The molecule has 0 radical (unpaired) electrons. The van der Waals surface area contributed by atoms with E-state index in [-0.39, 0.29) is 0 Å². The zero-order valence-corrected chi connectivity index (χ0v) is 16.7. The maximum absolute atomic E-state index is 5.91. The van der Waals surface area contributed by atoms with Crippen molar-refractivity contribution in [2.45, 2.75) is 12.8 Å². The lowest BCUT2D eigenvalue weighted by molar-refractivity contribution is 0.311. The molecule has 0 saturated carbocycles. The van der Waals surface area contributed by atoms with E-state index in [9.17, 15) is 0 Å². The van der Waals surface area contributed by atoms with E-state index in [1.54, 1.807) is 14.2 Å². The van der Waals surface area contributed by atoms with E-state index in [1.807, 2.05) is 54.6 Å². The summed E-state index contributed by atoms with van der Waals surface area (Å²) in [5.74, 6) is 3.43. The van der Waals surface area contributed by atoms with Gasteiger partial charge in [-0.2, -0.15) is 0 Å². The first-order chi connectivity index (χ1) is 14.3. The van der Waals surface area contributed by atoms with Crippen LogP contribution in [0, 0.1) is 0 Å². The van der Waals surface area contributed by atoms with Crippen molar-refractivity contribution in [2.24, 2.45) is 0 Å². The number of para-hydroxylation sites is 1. The van der Waals surface area contributed by atoms with E-state index in [4.69, 9.17) is 14.2 Å². The van der Waals surface area contributed by atoms with Crippen molar-refractivity contribution in [1.82, 2.24) is 0 Å². The Kier molecular flexibility index (Phi) is 5.66. The molecule has 0 spiro atoms. The van der Waals surface area contributed by atoms with Gasteiger partial charge in [0.15, 0.2) is 0 Å². The number of allylic oxidation sites excluding steroid dienone is 3. The lowest BCUT2D eigenvalue weighted by atomic mass is 9.89. The predicted molar refractivity (Wildman–Crippen MR) is 117 cm³/mol. The highest BCUT2D eigenvalue weighted by atomic mass is 16.5. The third-order valence-corrected chi connectivity index (χ3v) is 5.05. The Bertz CT molecular complexity index is 1010. The summed E-state index contributed by atoms with van der Waals surface area (Å²) in [4.78, 5) is 0. The molecule has 1 aliphatic carbocycles. The minimum atomic E-state index is 0.815. The van der Waals surface area contributed by atoms with E-state index in [0.29, 0.717) is 0 Å². The molecule has 4 rings (SSSR count). The molecule has 0 amide bonds. The number of hydrogen-bond acceptors (Lipinski definition) is 3. The lowest BCUT2D eigenvalue weighted by Gasteiger charge is -2.22. The van der Waals surface area contributed by atoms with Gasteiger partial charge in [0.2, 0.25) is 0 Å². The summed E-state index contributed by atoms with van der Waals surface area (Å²) < 4.78 is 17.1. The molecule has 3 nitrogen and oxygen atoms in total. The quantitative estimate of drug-likeness (QED) is 0.472. The van der Waals surface area contributed by atoms with Gasteiger partial charge in [0.05, 0.1) is 14.2 Å². The molecule has 0 fully saturated rings. The third-order valence-electron chi connectivity index (χ3n) is 5.05. The van der Waals surface area contributed by atoms with Crippen LogP contribution in [-0.2, 0) is 4.74 Å². The molecule has 3 heteroatoms. The molecule has 0 saturated heterocycles. The second-order valence-electron chi connectivity index (χ2n) is 6.84. The molecule has 1 aliphatic rings. The van der Waals surface area contributed by atoms with Crippen LogP contribution in [0.2, 0.25) is 0 Å². The van der Waals surface area contributed by atoms with Crippen molar-refractivity contribution < 1.29 is 14.2 Å². The first kappa shape index (κ1) is 18.9. The summed E-state index contributed by atoms with van der Waals surface area (Å²) in [6, 6.07) is 26.1. The summed E-state index contributed by atoms with van der Waals surface area (Å²) >= 11 is 0. The van der Waals surface area contributed by atoms with Crippen LogP contribution in [0.5, 0.6) is 17.2 Å². The van der Waals surface area contributed by atoms with Crippen molar-refractivity contribution in [3.8, 4) is 17.2 Å². The molecule has 29 heavy (non-hydrogen) atoms. The molecule has 3 aromatic rings. The monoisotopic (exact) mass is 384 g/mol. The minimum absolute atomic E-state index is 0.815. The number of hydrogen-bond donors (Lipinski definition) is 0. The molecule has 0 bridgehead atoms. The Morgan fingerprint density at radius 1 is 0.621 bits per heavy atom. The van der Waals surface area contributed by atoms with Gasteiger partial charge >= 0.3 is 0 Å². The molecule has 0 unspecified atom stereocenters. The Labute approximate surface area is 171 Å². The highest BCUT2D eigenvalue weighted by Crippen LogP contribution is 2.38. The lowest BCUT2D eigenvalue weighted by Crippen LogP contribution is -2.03. The molecule has 146 valence electrons. The van der Waals surface area contributed by atoms with Gasteiger partial charge in [-0.25, -0.2) is 0 Å². The van der Waals surface area contributed by atoms with E-state index in [1.165, 1.54) is 5.57 Å². The Morgan fingerprint density at radius 3 is 1.90 bits per heavy atom. The van der Waals surface area contributed by atoms with Crippen LogP contribution < -0.4 is 9.47 Å². The zero-order valence-electron chi connectivity index (χ0n) is 16.7. The van der Waals surface area contributed by atoms with E-state index >= 15 is 0 Å². The van der Waals surface area contributed by atoms with Crippen LogP contribution in [0.25, 0.3) is 11.1 Å². The van der Waals surface area contributed by atoms with Gasteiger partial charge in [-0.3, -0.25) is 0 Å². The highest BCUT2D eigenvalue weighted by molar-refractivity contribution is 5.89. The molecular weight excluding hydrogens is 360 g/mol. The minimum Gasteiger partial charge on any atom is -0.497 e. The van der Waals surface area contributed by atoms with Gasteiger partial charge in [-0.1, -0.05) is 48.5 Å². The van der Waals surface area contributed by atoms with Gasteiger partial charge in [0.1, 0.15) is 23.0 Å². The van der Waals surface area contributed by atoms with Crippen LogP contribution in [0.15, 0.2) is 90.7 Å². The van der Waals surface area contributed by atoms with E-state index in [0.717, 1.165) is 52.5 Å². The summed E-state index contributed by atoms with van der Waals surface area (Å²) in [5.41, 5.74) is 4.62. The SMILES string of the molecule is COC1=C(c2ccc(OC)cc2)CCC=C1c1ccc(Oc2ccccc2)cc1. The van der Waals surface area contributed by atoms with Crippen LogP contribution in [0.3, 0.4) is 0 Å². The second-order valence-corrected chi connectivity index (χ2v) is 6.84. The summed E-state index contributed by atoms with van der Waals surface area (Å²) in [5, 5.41) is 0. The molecular formula is C26H24O3. The molecule has 0 N–H and O–H groups in total. The van der Waals surface area contributed by atoms with Gasteiger partial charge in [-0.05, 0) is 60.4 Å². The number of benzene rings is 3. The van der Waals surface area contributed by atoms with Gasteiger partial charge in [0, 0.05) is 11.1 Å². The Balaban J connectivity index is 1.61. The van der Waals surface area contributed by atoms with Gasteiger partial charge < -0.3 is 14.2 Å². The smallest absolute Gasteiger partial charge is 0.130 e. The fourth-order valence-corrected chi connectivity index (χ4v) is 3.61. The maximum Gasteiger partial charge on any atom is 0.130 e. The van der Waals surface area contributed by atoms with Crippen molar-refractivity contribution in [1.29, 1.82) is 0 Å². The molecule has 3 aromatic carbocycles. The van der Waals surface area contributed by atoms with Crippen molar-refractivity contribution >= 4 is 11.1 Å². The first-order valence-corrected chi connectivity index (χ1v) is 9.74. The average molecular weight is 384 g/mol. The second kappa shape index (κ2) is 8.70. The Hall–Kier alpha value is -3.46. The van der Waals surface area contributed by atoms with E-state index < -0.39 is 0 Å². The van der Waals surface area contributed by atoms with E-state index in [2.05, 4.69) is 30.3 Å². The third kappa shape index (κ3) is 4.19. The van der Waals surface area contributed by atoms with Crippen molar-refractivity contribution in [2.75, 3.05) is 14.2 Å². The fraction of sp³-hybridized carbons (Fsp3) is 0.154. The molecule has 0 heterocycles. The maximum atomic E-state index is 5.91. The largest absolute Gasteiger partial charge is 0.497 e. The number of methoxy groups -OCH3 is 2. The van der Waals surface area contributed by atoms with Crippen LogP contribution in [0.1, 0.15) is 24.0 Å². The number of ether oxygens (including phenoxy) is 3.